The minimum absolute atomic E-state index is 0.0586. The highest BCUT2D eigenvalue weighted by molar-refractivity contribution is 7.91. The van der Waals surface area contributed by atoms with Gasteiger partial charge in [0.15, 0.2) is 9.84 Å². The zero-order chi connectivity index (χ0) is 17.7. The van der Waals surface area contributed by atoms with Crippen molar-refractivity contribution in [3.05, 3.63) is 39.9 Å². The largest absolute Gasteiger partial charge is 0.335 e. The van der Waals surface area contributed by atoms with Crippen LogP contribution in [0.1, 0.15) is 31.7 Å². The van der Waals surface area contributed by atoms with Gasteiger partial charge in [0.1, 0.15) is 0 Å². The smallest absolute Gasteiger partial charge is 0.246 e. The molecular weight excluding hydrogens is 369 g/mol. The molecule has 1 heterocycles. The maximum Gasteiger partial charge on any atom is 0.246 e. The van der Waals surface area contributed by atoms with Gasteiger partial charge in [0.2, 0.25) is 5.91 Å². The highest BCUT2D eigenvalue weighted by atomic mass is 35.5. The summed E-state index contributed by atoms with van der Waals surface area (Å²) in [5.74, 6) is 0.0456. The van der Waals surface area contributed by atoms with Crippen LogP contribution in [0.4, 0.5) is 0 Å². The molecule has 2 rings (SSSR count). The van der Waals surface area contributed by atoms with E-state index in [1.165, 1.54) is 6.08 Å². The van der Waals surface area contributed by atoms with Crippen molar-refractivity contribution in [1.82, 2.24) is 4.90 Å². The number of hydrogen-bond acceptors (Lipinski definition) is 3. The van der Waals surface area contributed by atoms with Gasteiger partial charge < -0.3 is 4.90 Å². The molecular formula is C17H21Cl2NO3S. The normalized spacial score (nSPS) is 19.7. The van der Waals surface area contributed by atoms with Crippen LogP contribution in [0.25, 0.3) is 6.08 Å². The highest BCUT2D eigenvalue weighted by Gasteiger charge is 2.33. The molecule has 4 nitrogen and oxygen atoms in total. The van der Waals surface area contributed by atoms with Gasteiger partial charge in [0.25, 0.3) is 0 Å². The average molecular weight is 390 g/mol. The molecule has 1 fully saturated rings. The minimum Gasteiger partial charge on any atom is -0.335 e. The Morgan fingerprint density at radius 1 is 1.33 bits per heavy atom. The average Bonchev–Trinajstić information content (AvgIpc) is 2.88. The Morgan fingerprint density at radius 2 is 2.08 bits per heavy atom. The molecule has 0 bridgehead atoms. The van der Waals surface area contributed by atoms with Gasteiger partial charge in [-0.05, 0) is 36.6 Å². The van der Waals surface area contributed by atoms with Crippen LogP contribution in [0, 0.1) is 0 Å². The topological polar surface area (TPSA) is 54.5 Å². The van der Waals surface area contributed by atoms with Gasteiger partial charge in [-0.25, -0.2) is 8.42 Å². The van der Waals surface area contributed by atoms with E-state index in [9.17, 15) is 13.2 Å². The lowest BCUT2D eigenvalue weighted by Crippen LogP contribution is -2.40. The summed E-state index contributed by atoms with van der Waals surface area (Å²) in [7, 11) is -3.03. The molecule has 7 heteroatoms. The van der Waals surface area contributed by atoms with Gasteiger partial charge >= 0.3 is 0 Å². The summed E-state index contributed by atoms with van der Waals surface area (Å²) < 4.78 is 23.4. The van der Waals surface area contributed by atoms with E-state index in [4.69, 9.17) is 23.2 Å². The van der Waals surface area contributed by atoms with Gasteiger partial charge in [0.05, 0.1) is 21.6 Å². The Labute approximate surface area is 153 Å². The Balaban J connectivity index is 2.12. The van der Waals surface area contributed by atoms with E-state index < -0.39 is 9.84 Å². The first-order valence-corrected chi connectivity index (χ1v) is 10.5. The van der Waals surface area contributed by atoms with E-state index in [1.807, 2.05) is 6.92 Å². The van der Waals surface area contributed by atoms with Gasteiger partial charge in [-0.2, -0.15) is 0 Å². The lowest BCUT2D eigenvalue weighted by Gasteiger charge is -2.27. The number of benzene rings is 1. The number of sulfone groups is 1. The molecule has 1 atom stereocenters. The highest BCUT2D eigenvalue weighted by Crippen LogP contribution is 2.23. The van der Waals surface area contributed by atoms with Crippen molar-refractivity contribution in [2.45, 2.75) is 32.2 Å². The Morgan fingerprint density at radius 3 is 2.67 bits per heavy atom. The Hall–Kier alpha value is -1.04. The van der Waals surface area contributed by atoms with Crippen molar-refractivity contribution in [1.29, 1.82) is 0 Å². The van der Waals surface area contributed by atoms with Crippen LogP contribution in [0.3, 0.4) is 0 Å². The molecule has 0 saturated carbocycles. The van der Waals surface area contributed by atoms with Gasteiger partial charge in [-0.3, -0.25) is 4.79 Å². The number of hydrogen-bond donors (Lipinski definition) is 0. The maximum atomic E-state index is 12.6. The SMILES string of the molecule is CCCCN(C(=O)C=Cc1ccc(Cl)c(Cl)c1)C1CCS(=O)(=O)C1. The number of rotatable bonds is 6. The monoisotopic (exact) mass is 389 g/mol. The third kappa shape index (κ3) is 5.23. The maximum absolute atomic E-state index is 12.6. The van der Waals surface area contributed by atoms with E-state index in [2.05, 4.69) is 0 Å². The van der Waals surface area contributed by atoms with Crippen LogP contribution in [-0.2, 0) is 14.6 Å². The molecule has 0 N–H and O–H groups in total. The van der Waals surface area contributed by atoms with E-state index in [0.717, 1.165) is 18.4 Å². The van der Waals surface area contributed by atoms with Crippen LogP contribution in [0.2, 0.25) is 10.0 Å². The summed E-state index contributed by atoms with van der Waals surface area (Å²) in [6.45, 7) is 2.61. The number of carbonyl (C=O) groups is 1. The molecule has 0 aromatic heterocycles. The predicted octanol–water partition coefficient (Wildman–Crippen LogP) is 3.82. The molecule has 1 amide bonds. The summed E-state index contributed by atoms with van der Waals surface area (Å²) in [6.07, 6.45) is 5.45. The molecule has 1 aromatic carbocycles. The zero-order valence-corrected chi connectivity index (χ0v) is 15.9. The van der Waals surface area contributed by atoms with E-state index >= 15 is 0 Å². The molecule has 1 unspecified atom stereocenters. The number of amides is 1. The zero-order valence-electron chi connectivity index (χ0n) is 13.5. The van der Waals surface area contributed by atoms with Gasteiger partial charge in [0, 0.05) is 18.7 Å². The minimum atomic E-state index is -3.03. The lowest BCUT2D eigenvalue weighted by molar-refractivity contribution is -0.127. The second-order valence-electron chi connectivity index (χ2n) is 5.95. The van der Waals surface area contributed by atoms with E-state index in [0.29, 0.717) is 23.0 Å². The van der Waals surface area contributed by atoms with Crippen LogP contribution < -0.4 is 0 Å². The standard InChI is InChI=1S/C17H21Cl2NO3S/c1-2-3-9-20(14-8-10-24(22,23)12-14)17(21)7-5-13-4-6-15(18)16(19)11-13/h4-7,11,14H,2-3,8-10,12H2,1H3. The van der Waals surface area contributed by atoms with Crippen molar-refractivity contribution < 1.29 is 13.2 Å². The Bertz CT molecular complexity index is 731. The fraction of sp³-hybridized carbons (Fsp3) is 0.471. The second-order valence-corrected chi connectivity index (χ2v) is 8.99. The van der Waals surface area contributed by atoms with Crippen LogP contribution >= 0.6 is 23.2 Å². The first kappa shape index (κ1) is 19.3. The van der Waals surface area contributed by atoms with Crippen molar-refractivity contribution in [3.8, 4) is 0 Å². The van der Waals surface area contributed by atoms with Crippen molar-refractivity contribution >= 4 is 45.0 Å². The molecule has 132 valence electrons. The quantitative estimate of drug-likeness (QED) is 0.694. The summed E-state index contributed by atoms with van der Waals surface area (Å²) in [6, 6.07) is 4.90. The fourth-order valence-corrected chi connectivity index (χ4v) is 4.74. The first-order chi connectivity index (χ1) is 11.3. The van der Waals surface area contributed by atoms with Crippen molar-refractivity contribution in [3.63, 3.8) is 0 Å². The summed E-state index contributed by atoms with van der Waals surface area (Å²) in [5, 5.41) is 0.886. The van der Waals surface area contributed by atoms with E-state index in [-0.39, 0.29) is 23.5 Å². The Kier molecular flexibility index (Phi) is 6.72. The predicted molar refractivity (Wildman–Crippen MR) is 99.2 cm³/mol. The third-order valence-electron chi connectivity index (χ3n) is 4.05. The number of carbonyl (C=O) groups excluding carboxylic acids is 1. The molecule has 1 aliphatic rings. The summed E-state index contributed by atoms with van der Waals surface area (Å²) >= 11 is 11.8. The summed E-state index contributed by atoms with van der Waals surface area (Å²) in [4.78, 5) is 14.2. The summed E-state index contributed by atoms with van der Waals surface area (Å²) in [5.41, 5.74) is 0.771. The molecule has 1 aliphatic heterocycles. The molecule has 0 aliphatic carbocycles. The molecule has 0 radical (unpaired) electrons. The van der Waals surface area contributed by atoms with Crippen LogP contribution in [-0.4, -0.2) is 43.3 Å². The van der Waals surface area contributed by atoms with Crippen molar-refractivity contribution in [2.24, 2.45) is 0 Å². The van der Waals surface area contributed by atoms with Crippen LogP contribution in [0.5, 0.6) is 0 Å². The molecule has 0 spiro atoms. The number of halogens is 2. The molecule has 1 aromatic rings. The van der Waals surface area contributed by atoms with Gasteiger partial charge in [-0.15, -0.1) is 0 Å². The van der Waals surface area contributed by atoms with E-state index in [1.54, 1.807) is 29.2 Å². The first-order valence-electron chi connectivity index (χ1n) is 7.96. The second kappa shape index (κ2) is 8.37. The van der Waals surface area contributed by atoms with Crippen LogP contribution in [0.15, 0.2) is 24.3 Å². The number of unbranched alkanes of at least 4 members (excludes halogenated alkanes) is 1. The lowest BCUT2D eigenvalue weighted by atomic mass is 10.1. The number of nitrogens with zero attached hydrogens (tertiary/aromatic N) is 1. The fourth-order valence-electron chi connectivity index (χ4n) is 2.70. The van der Waals surface area contributed by atoms with Crippen molar-refractivity contribution in [2.75, 3.05) is 18.1 Å². The third-order valence-corrected chi connectivity index (χ3v) is 6.54. The molecule has 1 saturated heterocycles. The van der Waals surface area contributed by atoms with Gasteiger partial charge in [-0.1, -0.05) is 42.6 Å². The molecule has 24 heavy (non-hydrogen) atoms.